The number of methoxy groups -OCH3 is 2. The van der Waals surface area contributed by atoms with Gasteiger partial charge in [-0.2, -0.15) is 8.78 Å². The van der Waals surface area contributed by atoms with Gasteiger partial charge in [0.15, 0.2) is 29.6 Å². The van der Waals surface area contributed by atoms with Crippen molar-refractivity contribution >= 4 is 17.8 Å². The van der Waals surface area contributed by atoms with Gasteiger partial charge >= 0.3 is 5.97 Å². The van der Waals surface area contributed by atoms with Crippen molar-refractivity contribution in [2.75, 3.05) is 20.8 Å². The van der Waals surface area contributed by atoms with Crippen LogP contribution in [0.15, 0.2) is 42.2 Å². The van der Waals surface area contributed by atoms with Gasteiger partial charge in [0.1, 0.15) is 11.5 Å². The zero-order valence-electron chi connectivity index (χ0n) is 19.0. The number of esters is 1. The Hall–Kier alpha value is -4.61. The Balaban J connectivity index is 1.46. The van der Waals surface area contributed by atoms with Crippen molar-refractivity contribution in [1.82, 2.24) is 0 Å². The number of fused-ring (bicyclic) bond motifs is 1. The maximum absolute atomic E-state index is 13.7. The number of carbonyl (C=O) groups is 2. The van der Waals surface area contributed by atoms with Gasteiger partial charge in [0.25, 0.3) is 0 Å². The summed E-state index contributed by atoms with van der Waals surface area (Å²) in [7, 11) is 2.94. The highest BCUT2D eigenvalue weighted by molar-refractivity contribution is 6.14. The molecule has 0 bridgehead atoms. The molecule has 0 atom stereocenters. The molecule has 0 radical (unpaired) electrons. The lowest BCUT2D eigenvalue weighted by Crippen LogP contribution is -2.19. The summed E-state index contributed by atoms with van der Waals surface area (Å²) in [6, 6.07) is 8.72. The number of carbonyl (C=O) groups excluding carboxylic acids is 2. The zero-order valence-corrected chi connectivity index (χ0v) is 19.0. The van der Waals surface area contributed by atoms with E-state index in [1.165, 1.54) is 38.5 Å². The van der Waals surface area contributed by atoms with E-state index in [2.05, 4.69) is 4.74 Å². The van der Waals surface area contributed by atoms with Gasteiger partial charge in [-0.15, -0.1) is 0 Å². The molecule has 4 rings (SSSR count). The first-order valence-corrected chi connectivity index (χ1v) is 10.3. The van der Waals surface area contributed by atoms with E-state index in [-0.39, 0.29) is 22.8 Å². The Bertz CT molecular complexity index is 1420. The van der Waals surface area contributed by atoms with Crippen LogP contribution in [0.2, 0.25) is 0 Å². The quantitative estimate of drug-likeness (QED) is 0.108. The van der Waals surface area contributed by atoms with E-state index in [1.807, 2.05) is 0 Å². The molecule has 12 heteroatoms. The first kappa shape index (κ1) is 25.5. The number of hydrogen-bond acceptors (Lipinski definition) is 7. The normalized spacial score (nSPS) is 13.3. The summed E-state index contributed by atoms with van der Waals surface area (Å²) in [5, 5.41) is 0. The summed E-state index contributed by atoms with van der Waals surface area (Å²) in [6.45, 7) is -1.18. The molecule has 0 aromatic heterocycles. The maximum atomic E-state index is 13.7. The van der Waals surface area contributed by atoms with E-state index in [9.17, 15) is 31.5 Å². The van der Waals surface area contributed by atoms with Crippen LogP contribution in [0.3, 0.4) is 0 Å². The van der Waals surface area contributed by atoms with E-state index in [0.29, 0.717) is 17.1 Å². The number of benzene rings is 3. The largest absolute Gasteiger partial charge is 0.493 e. The van der Waals surface area contributed by atoms with Crippen molar-refractivity contribution < 1.29 is 55.2 Å². The van der Waals surface area contributed by atoms with Gasteiger partial charge in [-0.3, -0.25) is 4.79 Å². The third kappa shape index (κ3) is 4.90. The zero-order chi connectivity index (χ0) is 26.9. The van der Waals surface area contributed by atoms with E-state index >= 15 is 0 Å². The fourth-order valence-electron chi connectivity index (χ4n) is 3.33. The molecule has 1 aliphatic heterocycles. The van der Waals surface area contributed by atoms with Gasteiger partial charge < -0.3 is 23.7 Å². The minimum absolute atomic E-state index is 0.0275. The molecule has 0 fully saturated rings. The van der Waals surface area contributed by atoms with E-state index in [0.717, 1.165) is 0 Å². The molecule has 1 heterocycles. The second-order valence-electron chi connectivity index (χ2n) is 7.37. The Morgan fingerprint density at radius 2 is 1.51 bits per heavy atom. The third-order valence-electron chi connectivity index (χ3n) is 5.08. The summed E-state index contributed by atoms with van der Waals surface area (Å²) in [6.07, 6.45) is 1.47. The summed E-state index contributed by atoms with van der Waals surface area (Å²) in [4.78, 5) is 24.7. The van der Waals surface area contributed by atoms with E-state index < -0.39 is 53.2 Å². The predicted molar refractivity (Wildman–Crippen MR) is 116 cm³/mol. The number of allylic oxidation sites excluding steroid dienone is 1. The highest BCUT2D eigenvalue weighted by Gasteiger charge is 2.29. The van der Waals surface area contributed by atoms with Crippen LogP contribution in [-0.2, 0) is 4.79 Å². The highest BCUT2D eigenvalue weighted by Crippen LogP contribution is 2.36. The average molecular weight is 522 g/mol. The topological polar surface area (TPSA) is 80.3 Å². The van der Waals surface area contributed by atoms with Crippen LogP contribution in [0.4, 0.5) is 22.0 Å². The third-order valence-corrected chi connectivity index (χ3v) is 5.08. The number of halogens is 5. The Labute approximate surface area is 205 Å². The lowest BCUT2D eigenvalue weighted by Gasteiger charge is -2.10. The smallest absolute Gasteiger partial charge is 0.349 e. The summed E-state index contributed by atoms with van der Waals surface area (Å²) in [5.74, 6) is -13.8. The van der Waals surface area contributed by atoms with Crippen LogP contribution in [0.5, 0.6) is 28.7 Å². The highest BCUT2D eigenvalue weighted by atomic mass is 19.2. The van der Waals surface area contributed by atoms with Crippen LogP contribution in [-0.4, -0.2) is 32.6 Å². The minimum atomic E-state index is -2.36. The lowest BCUT2D eigenvalue weighted by atomic mass is 10.1. The number of rotatable bonds is 7. The van der Waals surface area contributed by atoms with Gasteiger partial charge in [0.05, 0.1) is 19.8 Å². The molecule has 192 valence electrons. The molecule has 0 N–H and O–H groups in total. The molecule has 7 nitrogen and oxygen atoms in total. The van der Waals surface area contributed by atoms with Crippen LogP contribution >= 0.6 is 0 Å². The van der Waals surface area contributed by atoms with Crippen molar-refractivity contribution in [1.29, 1.82) is 0 Å². The van der Waals surface area contributed by atoms with Gasteiger partial charge in [-0.05, 0) is 35.9 Å². The summed E-state index contributed by atoms with van der Waals surface area (Å²) >= 11 is 0. The summed E-state index contributed by atoms with van der Waals surface area (Å²) in [5.41, 5.74) is 0.745. The average Bonchev–Trinajstić information content (AvgIpc) is 3.20. The Morgan fingerprint density at radius 3 is 2.16 bits per heavy atom. The molecule has 0 saturated heterocycles. The fraction of sp³-hybridized carbons (Fsp3) is 0.120. The van der Waals surface area contributed by atoms with Gasteiger partial charge in [-0.25, -0.2) is 18.0 Å². The van der Waals surface area contributed by atoms with Crippen LogP contribution < -0.4 is 23.7 Å². The second-order valence-corrected chi connectivity index (χ2v) is 7.37. The molecule has 0 spiro atoms. The molecular formula is C25H15F5O7. The SMILES string of the molecule is COc1ccc(/C=C2\Oc3cc(OC(=O)COc4c(F)c(F)c(F)c(F)c4F)ccc3C2=O)cc1OC. The molecule has 0 aliphatic carbocycles. The number of Topliss-reactive ketones (excluding diaryl/α,β-unsaturated/α-hetero) is 1. The van der Waals surface area contributed by atoms with Crippen molar-refractivity contribution in [2.45, 2.75) is 0 Å². The Morgan fingerprint density at radius 1 is 0.865 bits per heavy atom. The standard InChI is InChI=1S/C25H15F5O7/c1-33-14-6-3-11(7-16(14)34-2)8-17-24(32)13-5-4-12(9-15(13)37-17)36-18(31)10-35-25-22(29)20(27)19(26)21(28)23(25)30/h3-9H,10H2,1-2H3/b17-8-. The molecule has 1 aliphatic rings. The van der Waals surface area contributed by atoms with Crippen molar-refractivity contribution in [3.05, 3.63) is 82.4 Å². The maximum Gasteiger partial charge on any atom is 0.349 e. The van der Waals surface area contributed by atoms with E-state index in [1.54, 1.807) is 18.2 Å². The van der Waals surface area contributed by atoms with Gasteiger partial charge in [0, 0.05) is 6.07 Å². The lowest BCUT2D eigenvalue weighted by molar-refractivity contribution is -0.136. The summed E-state index contributed by atoms with van der Waals surface area (Å²) < 4.78 is 92.4. The fourth-order valence-corrected chi connectivity index (χ4v) is 3.33. The molecule has 37 heavy (non-hydrogen) atoms. The number of ether oxygens (including phenoxy) is 5. The molecule has 0 unspecified atom stereocenters. The van der Waals surface area contributed by atoms with Crippen molar-refractivity contribution in [3.8, 4) is 28.7 Å². The number of hydrogen-bond donors (Lipinski definition) is 0. The van der Waals surface area contributed by atoms with Crippen LogP contribution in [0.25, 0.3) is 6.08 Å². The first-order valence-electron chi connectivity index (χ1n) is 10.3. The van der Waals surface area contributed by atoms with Gasteiger partial charge in [-0.1, -0.05) is 6.07 Å². The second kappa shape index (κ2) is 10.2. The molecule has 0 saturated carbocycles. The Kier molecular flexibility index (Phi) is 7.00. The predicted octanol–water partition coefficient (Wildman–Crippen LogP) is 5.00. The van der Waals surface area contributed by atoms with Crippen molar-refractivity contribution in [3.63, 3.8) is 0 Å². The first-order chi connectivity index (χ1) is 17.6. The van der Waals surface area contributed by atoms with Crippen LogP contribution in [0.1, 0.15) is 15.9 Å². The van der Waals surface area contributed by atoms with Crippen LogP contribution in [0, 0.1) is 29.1 Å². The van der Waals surface area contributed by atoms with Gasteiger partial charge in [0.2, 0.25) is 34.9 Å². The minimum Gasteiger partial charge on any atom is -0.493 e. The molecule has 3 aromatic rings. The van der Waals surface area contributed by atoms with E-state index in [4.69, 9.17) is 18.9 Å². The number of ketones is 1. The monoisotopic (exact) mass is 522 g/mol. The molecule has 0 amide bonds. The molecule has 3 aromatic carbocycles. The molecular weight excluding hydrogens is 507 g/mol. The van der Waals surface area contributed by atoms with Crippen molar-refractivity contribution in [2.24, 2.45) is 0 Å².